The lowest BCUT2D eigenvalue weighted by Crippen LogP contribution is -2.33. The van der Waals surface area contributed by atoms with Crippen molar-refractivity contribution >= 4 is 0 Å². The first-order valence-electron chi connectivity index (χ1n) is 5.37. The average Bonchev–Trinajstić information content (AvgIpc) is 2.67. The van der Waals surface area contributed by atoms with Gasteiger partial charge < -0.3 is 9.84 Å². The van der Waals surface area contributed by atoms with Gasteiger partial charge in [0.25, 0.3) is 0 Å². The van der Waals surface area contributed by atoms with Crippen molar-refractivity contribution in [1.29, 1.82) is 0 Å². The number of rotatable bonds is 2. The first-order valence-corrected chi connectivity index (χ1v) is 5.37. The average molecular weight is 195 g/mol. The molecule has 1 aliphatic heterocycles. The van der Waals surface area contributed by atoms with E-state index in [-0.39, 0.29) is 6.04 Å². The van der Waals surface area contributed by atoms with Crippen molar-refractivity contribution in [3.8, 4) is 0 Å². The summed E-state index contributed by atoms with van der Waals surface area (Å²) >= 11 is 0. The number of hydrogen-bond donors (Lipinski definition) is 1. The van der Waals surface area contributed by atoms with Crippen molar-refractivity contribution in [2.75, 3.05) is 6.54 Å². The SMILES string of the molecule is CCc1noc(C2NCCCC2C)n1. The van der Waals surface area contributed by atoms with E-state index >= 15 is 0 Å². The lowest BCUT2D eigenvalue weighted by molar-refractivity contribution is 0.239. The molecule has 1 aromatic rings. The summed E-state index contributed by atoms with van der Waals surface area (Å²) in [6, 6.07) is 0.261. The van der Waals surface area contributed by atoms with Crippen LogP contribution in [0.3, 0.4) is 0 Å². The molecule has 4 nitrogen and oxygen atoms in total. The fourth-order valence-electron chi connectivity index (χ4n) is 1.92. The van der Waals surface area contributed by atoms with E-state index in [1.54, 1.807) is 0 Å². The normalized spacial score (nSPS) is 27.9. The Hall–Kier alpha value is -0.900. The van der Waals surface area contributed by atoms with E-state index in [0.29, 0.717) is 5.92 Å². The number of aromatic nitrogens is 2. The summed E-state index contributed by atoms with van der Waals surface area (Å²) in [4.78, 5) is 4.36. The third-order valence-electron chi connectivity index (χ3n) is 2.84. The minimum Gasteiger partial charge on any atom is -0.338 e. The molecule has 0 aliphatic carbocycles. The molecule has 0 saturated carbocycles. The van der Waals surface area contributed by atoms with Crippen LogP contribution in [0.15, 0.2) is 4.52 Å². The van der Waals surface area contributed by atoms with Gasteiger partial charge in [-0.05, 0) is 25.3 Å². The first kappa shape index (κ1) is 9.65. The van der Waals surface area contributed by atoms with E-state index in [0.717, 1.165) is 24.7 Å². The van der Waals surface area contributed by atoms with Crippen LogP contribution < -0.4 is 5.32 Å². The maximum absolute atomic E-state index is 5.24. The van der Waals surface area contributed by atoms with Gasteiger partial charge in [-0.1, -0.05) is 19.0 Å². The minimum absolute atomic E-state index is 0.261. The fraction of sp³-hybridized carbons (Fsp3) is 0.800. The quantitative estimate of drug-likeness (QED) is 0.780. The molecule has 0 radical (unpaired) electrons. The van der Waals surface area contributed by atoms with Crippen LogP contribution in [0.1, 0.15) is 44.4 Å². The molecule has 0 spiro atoms. The summed E-state index contributed by atoms with van der Waals surface area (Å²) < 4.78 is 5.24. The van der Waals surface area contributed by atoms with Crippen molar-refractivity contribution in [3.63, 3.8) is 0 Å². The molecule has 1 aliphatic rings. The standard InChI is InChI=1S/C10H17N3O/c1-3-8-12-10(14-13-8)9-7(2)5-4-6-11-9/h7,9,11H,3-6H2,1-2H3. The highest BCUT2D eigenvalue weighted by Gasteiger charge is 2.27. The van der Waals surface area contributed by atoms with Gasteiger partial charge in [-0.2, -0.15) is 4.98 Å². The Balaban J connectivity index is 2.12. The highest BCUT2D eigenvalue weighted by Crippen LogP contribution is 2.27. The van der Waals surface area contributed by atoms with E-state index in [1.165, 1.54) is 12.8 Å². The first-order chi connectivity index (χ1) is 6.81. The molecule has 1 N–H and O–H groups in total. The second-order valence-corrected chi connectivity index (χ2v) is 3.95. The molecule has 14 heavy (non-hydrogen) atoms. The maximum Gasteiger partial charge on any atom is 0.244 e. The maximum atomic E-state index is 5.24. The third kappa shape index (κ3) is 1.80. The predicted octanol–water partition coefficient (Wildman–Crippen LogP) is 1.69. The highest BCUT2D eigenvalue weighted by molar-refractivity contribution is 4.96. The van der Waals surface area contributed by atoms with Crippen LogP contribution in [-0.2, 0) is 6.42 Å². The van der Waals surface area contributed by atoms with E-state index in [9.17, 15) is 0 Å². The summed E-state index contributed by atoms with van der Waals surface area (Å²) in [6.07, 6.45) is 3.32. The molecule has 0 aromatic carbocycles. The van der Waals surface area contributed by atoms with Gasteiger partial charge >= 0.3 is 0 Å². The second kappa shape index (κ2) is 4.09. The van der Waals surface area contributed by atoms with Crippen molar-refractivity contribution in [2.24, 2.45) is 5.92 Å². The van der Waals surface area contributed by atoms with Crippen LogP contribution >= 0.6 is 0 Å². The van der Waals surface area contributed by atoms with Crippen molar-refractivity contribution in [2.45, 2.75) is 39.2 Å². The number of hydrogen-bond acceptors (Lipinski definition) is 4. The molecule has 2 unspecified atom stereocenters. The molecule has 1 aromatic heterocycles. The lowest BCUT2D eigenvalue weighted by atomic mass is 9.93. The zero-order valence-electron chi connectivity index (χ0n) is 8.79. The van der Waals surface area contributed by atoms with Gasteiger partial charge in [-0.15, -0.1) is 0 Å². The number of nitrogens with one attached hydrogen (secondary N) is 1. The number of piperidine rings is 1. The molecular weight excluding hydrogens is 178 g/mol. The smallest absolute Gasteiger partial charge is 0.244 e. The molecule has 1 fully saturated rings. The molecule has 78 valence electrons. The summed E-state index contributed by atoms with van der Waals surface area (Å²) in [7, 11) is 0. The molecule has 0 bridgehead atoms. The van der Waals surface area contributed by atoms with Crippen LogP contribution in [0.25, 0.3) is 0 Å². The van der Waals surface area contributed by atoms with E-state index in [4.69, 9.17) is 4.52 Å². The summed E-state index contributed by atoms with van der Waals surface area (Å²) in [6.45, 7) is 5.32. The van der Waals surface area contributed by atoms with Gasteiger partial charge in [0.1, 0.15) is 0 Å². The van der Waals surface area contributed by atoms with Gasteiger partial charge in [0.2, 0.25) is 5.89 Å². The van der Waals surface area contributed by atoms with Gasteiger partial charge in [0, 0.05) is 6.42 Å². The number of aryl methyl sites for hydroxylation is 1. The monoisotopic (exact) mass is 195 g/mol. The van der Waals surface area contributed by atoms with Crippen molar-refractivity contribution < 1.29 is 4.52 Å². The number of nitrogens with zero attached hydrogens (tertiary/aromatic N) is 2. The third-order valence-corrected chi connectivity index (χ3v) is 2.84. The van der Waals surface area contributed by atoms with E-state index in [1.807, 2.05) is 6.92 Å². The van der Waals surface area contributed by atoms with Gasteiger partial charge in [-0.25, -0.2) is 0 Å². The van der Waals surface area contributed by atoms with Gasteiger partial charge in [-0.3, -0.25) is 0 Å². The Morgan fingerprint density at radius 1 is 1.57 bits per heavy atom. The Morgan fingerprint density at radius 2 is 2.43 bits per heavy atom. The second-order valence-electron chi connectivity index (χ2n) is 3.95. The zero-order chi connectivity index (χ0) is 9.97. The van der Waals surface area contributed by atoms with E-state index in [2.05, 4.69) is 22.4 Å². The Bertz CT molecular complexity index is 297. The summed E-state index contributed by atoms with van der Waals surface area (Å²) in [5.41, 5.74) is 0. The fourth-order valence-corrected chi connectivity index (χ4v) is 1.92. The van der Waals surface area contributed by atoms with Crippen molar-refractivity contribution in [3.05, 3.63) is 11.7 Å². The molecule has 2 atom stereocenters. The van der Waals surface area contributed by atoms with Crippen LogP contribution in [0.5, 0.6) is 0 Å². The summed E-state index contributed by atoms with van der Waals surface area (Å²) in [5, 5.41) is 7.34. The Labute approximate surface area is 84.1 Å². The van der Waals surface area contributed by atoms with Gasteiger partial charge in [0.05, 0.1) is 6.04 Å². The van der Waals surface area contributed by atoms with E-state index < -0.39 is 0 Å². The molecule has 1 saturated heterocycles. The van der Waals surface area contributed by atoms with Crippen LogP contribution in [0, 0.1) is 5.92 Å². The van der Waals surface area contributed by atoms with Gasteiger partial charge in [0.15, 0.2) is 5.82 Å². The Morgan fingerprint density at radius 3 is 3.07 bits per heavy atom. The minimum atomic E-state index is 0.261. The van der Waals surface area contributed by atoms with Crippen LogP contribution in [-0.4, -0.2) is 16.7 Å². The Kier molecular flexibility index (Phi) is 2.82. The molecule has 2 rings (SSSR count). The summed E-state index contributed by atoms with van der Waals surface area (Å²) in [5.74, 6) is 2.16. The molecule has 2 heterocycles. The van der Waals surface area contributed by atoms with Crippen molar-refractivity contribution in [1.82, 2.24) is 15.5 Å². The zero-order valence-corrected chi connectivity index (χ0v) is 8.79. The molecule has 4 heteroatoms. The molecular formula is C10H17N3O. The lowest BCUT2D eigenvalue weighted by Gasteiger charge is -2.26. The highest BCUT2D eigenvalue weighted by atomic mass is 16.5. The van der Waals surface area contributed by atoms with Crippen LogP contribution in [0.2, 0.25) is 0 Å². The largest absolute Gasteiger partial charge is 0.338 e. The van der Waals surface area contributed by atoms with Crippen LogP contribution in [0.4, 0.5) is 0 Å². The predicted molar refractivity (Wildman–Crippen MR) is 52.8 cm³/mol. The molecule has 0 amide bonds. The topological polar surface area (TPSA) is 51.0 Å².